The third-order valence-corrected chi connectivity index (χ3v) is 3.37. The van der Waals surface area contributed by atoms with Gasteiger partial charge in [-0.15, -0.1) is 0 Å². The Morgan fingerprint density at radius 1 is 1.35 bits per heavy atom. The smallest absolute Gasteiger partial charge is 0.308 e. The first-order valence-electron chi connectivity index (χ1n) is 6.79. The van der Waals surface area contributed by atoms with Gasteiger partial charge in [-0.05, 0) is 6.42 Å². The summed E-state index contributed by atoms with van der Waals surface area (Å²) in [5.41, 5.74) is 0. The Labute approximate surface area is 118 Å². The molecule has 2 rings (SSSR count). The van der Waals surface area contributed by atoms with Gasteiger partial charge in [0.2, 0.25) is 11.9 Å². The lowest BCUT2D eigenvalue weighted by molar-refractivity contribution is -0.140. The van der Waals surface area contributed by atoms with Crippen molar-refractivity contribution in [3.63, 3.8) is 0 Å². The number of hydrogen-bond acceptors (Lipinski definition) is 6. The van der Waals surface area contributed by atoms with Crippen LogP contribution in [0.15, 0.2) is 0 Å². The third kappa shape index (κ3) is 2.97. The average molecular weight is 279 g/mol. The Balaban J connectivity index is 2.29. The fraction of sp³-hybridized carbons (Fsp3) is 0.692. The predicted octanol–water partition coefficient (Wildman–Crippen LogP) is 0.972. The van der Waals surface area contributed by atoms with Crippen molar-refractivity contribution < 1.29 is 9.90 Å². The molecular formula is C13H21N5O2. The van der Waals surface area contributed by atoms with Gasteiger partial charge >= 0.3 is 5.97 Å². The number of carboxylic acids is 1. The second-order valence-corrected chi connectivity index (χ2v) is 5.61. The largest absolute Gasteiger partial charge is 0.481 e. The van der Waals surface area contributed by atoms with Gasteiger partial charge in [-0.2, -0.15) is 15.0 Å². The van der Waals surface area contributed by atoms with Crippen molar-refractivity contribution in [2.45, 2.75) is 26.2 Å². The first-order chi connectivity index (χ1) is 9.38. The van der Waals surface area contributed by atoms with Crippen molar-refractivity contribution in [2.75, 3.05) is 37.0 Å². The molecule has 1 aromatic rings. The maximum atomic E-state index is 11.0. The molecule has 2 heterocycles. The van der Waals surface area contributed by atoms with E-state index in [1.807, 2.05) is 37.7 Å². The molecule has 1 saturated heterocycles. The molecule has 7 nitrogen and oxygen atoms in total. The van der Waals surface area contributed by atoms with Crippen molar-refractivity contribution in [1.29, 1.82) is 0 Å². The van der Waals surface area contributed by atoms with Crippen LogP contribution in [0, 0.1) is 5.92 Å². The Bertz CT molecular complexity index is 477. The van der Waals surface area contributed by atoms with Crippen molar-refractivity contribution >= 4 is 17.9 Å². The number of aliphatic carboxylic acids is 1. The lowest BCUT2D eigenvalue weighted by atomic mass is 10.1. The van der Waals surface area contributed by atoms with Crippen LogP contribution < -0.4 is 9.80 Å². The Morgan fingerprint density at radius 2 is 2.05 bits per heavy atom. The second kappa shape index (κ2) is 5.60. The molecule has 0 aliphatic carbocycles. The number of carboxylic acid groups (broad SMARTS) is 1. The molecule has 7 heteroatoms. The first kappa shape index (κ1) is 14.5. The summed E-state index contributed by atoms with van der Waals surface area (Å²) in [5.74, 6) is 1.04. The normalized spacial score (nSPS) is 18.6. The van der Waals surface area contributed by atoms with Crippen LogP contribution in [-0.2, 0) is 4.79 Å². The molecule has 0 saturated carbocycles. The topological polar surface area (TPSA) is 82.5 Å². The first-order valence-corrected chi connectivity index (χ1v) is 6.79. The molecule has 0 bridgehead atoms. The van der Waals surface area contributed by atoms with Gasteiger partial charge in [0.1, 0.15) is 5.82 Å². The SMILES string of the molecule is CC(C)c1nc(N(C)C)nc(N2CCC(C(=O)O)C2)n1. The summed E-state index contributed by atoms with van der Waals surface area (Å²) >= 11 is 0. The number of carbonyl (C=O) groups is 1. The van der Waals surface area contributed by atoms with E-state index in [2.05, 4.69) is 15.0 Å². The highest BCUT2D eigenvalue weighted by Crippen LogP contribution is 2.23. The molecule has 0 amide bonds. The molecule has 1 fully saturated rings. The Morgan fingerprint density at radius 3 is 2.55 bits per heavy atom. The van der Waals surface area contributed by atoms with Crippen LogP contribution in [-0.4, -0.2) is 53.2 Å². The van der Waals surface area contributed by atoms with E-state index in [1.54, 1.807) is 0 Å². The van der Waals surface area contributed by atoms with Crippen molar-refractivity contribution in [3.05, 3.63) is 5.82 Å². The second-order valence-electron chi connectivity index (χ2n) is 5.61. The number of aromatic nitrogens is 3. The number of hydrogen-bond donors (Lipinski definition) is 1. The van der Waals surface area contributed by atoms with E-state index in [0.717, 1.165) is 5.82 Å². The van der Waals surface area contributed by atoms with Gasteiger partial charge in [0.15, 0.2) is 0 Å². The summed E-state index contributed by atoms with van der Waals surface area (Å²) in [6, 6.07) is 0. The van der Waals surface area contributed by atoms with Gasteiger partial charge in [0.05, 0.1) is 5.92 Å². The van der Waals surface area contributed by atoms with Crippen molar-refractivity contribution in [1.82, 2.24) is 15.0 Å². The monoisotopic (exact) mass is 279 g/mol. The van der Waals surface area contributed by atoms with Crippen LogP contribution in [0.3, 0.4) is 0 Å². The Hall–Kier alpha value is -1.92. The van der Waals surface area contributed by atoms with Gasteiger partial charge in [0.25, 0.3) is 0 Å². The molecular weight excluding hydrogens is 258 g/mol. The standard InChI is InChI=1S/C13H21N5O2/c1-8(2)10-14-12(17(3)4)16-13(15-10)18-6-5-9(7-18)11(19)20/h8-9H,5-7H2,1-4H3,(H,19,20). The van der Waals surface area contributed by atoms with Crippen LogP contribution >= 0.6 is 0 Å². The summed E-state index contributed by atoms with van der Waals surface area (Å²) in [7, 11) is 3.76. The van der Waals surface area contributed by atoms with Crippen molar-refractivity contribution in [2.24, 2.45) is 5.92 Å². The zero-order valence-electron chi connectivity index (χ0n) is 12.4. The van der Waals surface area contributed by atoms with Gasteiger partial charge in [-0.1, -0.05) is 13.8 Å². The van der Waals surface area contributed by atoms with E-state index in [4.69, 9.17) is 5.11 Å². The van der Waals surface area contributed by atoms with E-state index in [0.29, 0.717) is 31.4 Å². The Kier molecular flexibility index (Phi) is 4.06. The van der Waals surface area contributed by atoms with Crippen LogP contribution in [0.1, 0.15) is 32.0 Å². The van der Waals surface area contributed by atoms with Crippen LogP contribution in [0.2, 0.25) is 0 Å². The average Bonchev–Trinajstić information content (AvgIpc) is 2.87. The maximum Gasteiger partial charge on any atom is 0.308 e. The summed E-state index contributed by atoms with van der Waals surface area (Å²) in [4.78, 5) is 28.1. The quantitative estimate of drug-likeness (QED) is 0.879. The summed E-state index contributed by atoms with van der Waals surface area (Å²) in [5, 5.41) is 9.08. The van der Waals surface area contributed by atoms with Crippen LogP contribution in [0.4, 0.5) is 11.9 Å². The lowest BCUT2D eigenvalue weighted by Gasteiger charge is -2.19. The fourth-order valence-electron chi connectivity index (χ4n) is 2.11. The minimum absolute atomic E-state index is 0.202. The number of rotatable bonds is 4. The molecule has 0 spiro atoms. The fourth-order valence-corrected chi connectivity index (χ4v) is 2.11. The minimum atomic E-state index is -0.751. The predicted molar refractivity (Wildman–Crippen MR) is 76.2 cm³/mol. The van der Waals surface area contributed by atoms with Crippen LogP contribution in [0.25, 0.3) is 0 Å². The summed E-state index contributed by atoms with van der Waals surface area (Å²) in [6.07, 6.45) is 0.634. The van der Waals surface area contributed by atoms with E-state index in [9.17, 15) is 4.79 Å². The summed E-state index contributed by atoms with van der Waals surface area (Å²) < 4.78 is 0. The highest BCUT2D eigenvalue weighted by Gasteiger charge is 2.30. The molecule has 1 aliphatic heterocycles. The lowest BCUT2D eigenvalue weighted by Crippen LogP contribution is -2.26. The molecule has 1 atom stereocenters. The zero-order chi connectivity index (χ0) is 14.9. The zero-order valence-corrected chi connectivity index (χ0v) is 12.4. The van der Waals surface area contributed by atoms with Gasteiger partial charge < -0.3 is 14.9 Å². The summed E-state index contributed by atoms with van der Waals surface area (Å²) in [6.45, 7) is 5.19. The van der Waals surface area contributed by atoms with Crippen LogP contribution in [0.5, 0.6) is 0 Å². The van der Waals surface area contributed by atoms with Gasteiger partial charge in [-0.25, -0.2) is 0 Å². The molecule has 1 unspecified atom stereocenters. The molecule has 1 aromatic heterocycles. The maximum absolute atomic E-state index is 11.0. The van der Waals surface area contributed by atoms with E-state index < -0.39 is 5.97 Å². The highest BCUT2D eigenvalue weighted by atomic mass is 16.4. The van der Waals surface area contributed by atoms with Gasteiger partial charge in [0, 0.05) is 33.1 Å². The van der Waals surface area contributed by atoms with Gasteiger partial charge in [-0.3, -0.25) is 4.79 Å². The third-order valence-electron chi connectivity index (χ3n) is 3.37. The number of anilines is 2. The highest BCUT2D eigenvalue weighted by molar-refractivity contribution is 5.71. The molecule has 110 valence electrons. The molecule has 1 N–H and O–H groups in total. The van der Waals surface area contributed by atoms with E-state index >= 15 is 0 Å². The molecule has 1 aliphatic rings. The number of nitrogens with zero attached hydrogens (tertiary/aromatic N) is 5. The molecule has 0 aromatic carbocycles. The molecule has 20 heavy (non-hydrogen) atoms. The van der Waals surface area contributed by atoms with E-state index in [1.165, 1.54) is 0 Å². The van der Waals surface area contributed by atoms with Crippen molar-refractivity contribution in [3.8, 4) is 0 Å². The minimum Gasteiger partial charge on any atom is -0.481 e. The van der Waals surface area contributed by atoms with E-state index in [-0.39, 0.29) is 11.8 Å². The molecule has 0 radical (unpaired) electrons.